The van der Waals surface area contributed by atoms with Crippen LogP contribution in [0.5, 0.6) is 11.5 Å². The van der Waals surface area contributed by atoms with Gasteiger partial charge in [0.25, 0.3) is 5.91 Å². The molecule has 0 spiro atoms. The molecule has 9 heteroatoms. The van der Waals surface area contributed by atoms with E-state index in [0.29, 0.717) is 22.4 Å². The first-order chi connectivity index (χ1) is 14.5. The number of benzene rings is 1. The second-order valence-corrected chi connectivity index (χ2v) is 8.32. The number of carbonyl (C=O) groups is 1. The van der Waals surface area contributed by atoms with E-state index in [9.17, 15) is 4.79 Å². The van der Waals surface area contributed by atoms with Crippen LogP contribution in [0.1, 0.15) is 20.9 Å². The van der Waals surface area contributed by atoms with Crippen molar-refractivity contribution in [3.63, 3.8) is 0 Å². The molecule has 0 atom stereocenters. The van der Waals surface area contributed by atoms with Gasteiger partial charge >= 0.3 is 0 Å². The number of rotatable bonds is 7. The van der Waals surface area contributed by atoms with Crippen molar-refractivity contribution in [2.75, 3.05) is 12.4 Å². The van der Waals surface area contributed by atoms with Crippen molar-refractivity contribution in [1.29, 1.82) is 0 Å². The number of nitrogens with one attached hydrogen (secondary N) is 1. The molecular weight excluding hydrogens is 420 g/mol. The Morgan fingerprint density at radius 2 is 2.03 bits per heavy atom. The average Bonchev–Trinajstić information content (AvgIpc) is 3.48. The number of nitrogens with zero attached hydrogens (tertiary/aromatic N) is 3. The van der Waals surface area contributed by atoms with Gasteiger partial charge in [0.15, 0.2) is 5.13 Å². The Morgan fingerprint density at radius 1 is 1.20 bits per heavy atom. The molecule has 0 radical (unpaired) electrons. The molecule has 4 aromatic rings. The van der Waals surface area contributed by atoms with E-state index in [1.807, 2.05) is 55.1 Å². The fourth-order valence-electron chi connectivity index (χ4n) is 2.79. The Balaban J connectivity index is 1.38. The minimum Gasteiger partial charge on any atom is -0.497 e. The fourth-order valence-corrected chi connectivity index (χ4v) is 4.29. The van der Waals surface area contributed by atoms with Gasteiger partial charge in [-0.2, -0.15) is 5.10 Å². The highest BCUT2D eigenvalue weighted by molar-refractivity contribution is 7.14. The van der Waals surface area contributed by atoms with E-state index in [2.05, 4.69) is 15.4 Å². The zero-order chi connectivity index (χ0) is 21.1. The van der Waals surface area contributed by atoms with E-state index in [0.717, 1.165) is 28.3 Å². The molecule has 1 aromatic carbocycles. The number of hydrogen-bond donors (Lipinski definition) is 1. The summed E-state index contributed by atoms with van der Waals surface area (Å²) in [5.41, 5.74) is 3.72. The molecule has 154 valence electrons. The molecule has 1 amide bonds. The predicted molar refractivity (Wildman–Crippen MR) is 119 cm³/mol. The van der Waals surface area contributed by atoms with Crippen LogP contribution in [0.25, 0.3) is 11.3 Å². The summed E-state index contributed by atoms with van der Waals surface area (Å²) in [6.07, 6.45) is 1.78. The van der Waals surface area contributed by atoms with E-state index < -0.39 is 0 Å². The normalized spacial score (nSPS) is 10.8. The summed E-state index contributed by atoms with van der Waals surface area (Å²) in [7, 11) is 3.51. The standard InChI is InChI=1S/C21H20N4O3S2/c1-13-17(9-22-25(13)2)18-12-30-21(23-18)24-20(26)19-7-14(11-29-19)10-28-16-6-4-5-15(8-16)27-3/h4-9,11-12H,10H2,1-3H3,(H,23,24,26). The number of aryl methyl sites for hydroxylation is 1. The maximum absolute atomic E-state index is 12.6. The number of aromatic nitrogens is 3. The molecule has 4 rings (SSSR count). The lowest BCUT2D eigenvalue weighted by Gasteiger charge is -2.06. The Hall–Kier alpha value is -3.17. The third-order valence-electron chi connectivity index (χ3n) is 4.56. The summed E-state index contributed by atoms with van der Waals surface area (Å²) in [5.74, 6) is 1.27. The molecule has 0 fully saturated rings. The zero-order valence-corrected chi connectivity index (χ0v) is 18.3. The molecule has 0 aliphatic rings. The molecule has 0 aliphatic carbocycles. The van der Waals surface area contributed by atoms with Crippen LogP contribution >= 0.6 is 22.7 Å². The lowest BCUT2D eigenvalue weighted by atomic mass is 10.2. The molecule has 1 N–H and O–H groups in total. The second-order valence-electron chi connectivity index (χ2n) is 6.55. The van der Waals surface area contributed by atoms with Gasteiger partial charge < -0.3 is 9.47 Å². The number of anilines is 1. The molecule has 0 saturated heterocycles. The third-order valence-corrected chi connectivity index (χ3v) is 6.30. The minimum atomic E-state index is -0.184. The molecule has 3 aromatic heterocycles. The average molecular weight is 441 g/mol. The highest BCUT2D eigenvalue weighted by atomic mass is 32.1. The third kappa shape index (κ3) is 4.37. The summed E-state index contributed by atoms with van der Waals surface area (Å²) < 4.78 is 12.8. The van der Waals surface area contributed by atoms with Crippen molar-refractivity contribution in [2.45, 2.75) is 13.5 Å². The lowest BCUT2D eigenvalue weighted by molar-refractivity contribution is 0.103. The largest absolute Gasteiger partial charge is 0.497 e. The van der Waals surface area contributed by atoms with E-state index in [1.165, 1.54) is 22.7 Å². The van der Waals surface area contributed by atoms with Gasteiger partial charge in [-0.15, -0.1) is 22.7 Å². The van der Waals surface area contributed by atoms with Gasteiger partial charge in [-0.25, -0.2) is 4.98 Å². The predicted octanol–water partition coefficient (Wildman–Crippen LogP) is 4.75. The highest BCUT2D eigenvalue weighted by Crippen LogP contribution is 2.28. The van der Waals surface area contributed by atoms with Crippen molar-refractivity contribution in [1.82, 2.24) is 14.8 Å². The van der Waals surface area contributed by atoms with E-state index in [-0.39, 0.29) is 5.91 Å². The molecule has 30 heavy (non-hydrogen) atoms. The van der Waals surface area contributed by atoms with Crippen LogP contribution in [0.15, 0.2) is 47.3 Å². The van der Waals surface area contributed by atoms with Crippen LogP contribution < -0.4 is 14.8 Å². The van der Waals surface area contributed by atoms with Gasteiger partial charge in [0.2, 0.25) is 0 Å². The zero-order valence-electron chi connectivity index (χ0n) is 16.7. The van der Waals surface area contributed by atoms with E-state index in [4.69, 9.17) is 9.47 Å². The van der Waals surface area contributed by atoms with Crippen LogP contribution in [0.4, 0.5) is 5.13 Å². The number of hydrogen-bond acceptors (Lipinski definition) is 7. The maximum atomic E-state index is 12.6. The van der Waals surface area contributed by atoms with Crippen molar-refractivity contribution < 1.29 is 14.3 Å². The molecular formula is C21H20N4O3S2. The van der Waals surface area contributed by atoms with Crippen molar-refractivity contribution in [2.24, 2.45) is 7.05 Å². The van der Waals surface area contributed by atoms with Crippen molar-refractivity contribution in [3.8, 4) is 22.8 Å². The van der Waals surface area contributed by atoms with Gasteiger partial charge in [0.1, 0.15) is 18.1 Å². The molecule has 0 unspecified atom stereocenters. The van der Waals surface area contributed by atoms with Crippen LogP contribution in [0.2, 0.25) is 0 Å². The van der Waals surface area contributed by atoms with Crippen LogP contribution in [0.3, 0.4) is 0 Å². The van der Waals surface area contributed by atoms with Crippen LogP contribution in [-0.4, -0.2) is 27.8 Å². The van der Waals surface area contributed by atoms with Gasteiger partial charge in [-0.1, -0.05) is 6.07 Å². The molecule has 0 saturated carbocycles. The smallest absolute Gasteiger partial charge is 0.267 e. The summed E-state index contributed by atoms with van der Waals surface area (Å²) in [5, 5.41) is 11.5. The number of amides is 1. The van der Waals surface area contributed by atoms with Gasteiger partial charge in [-0.05, 0) is 30.5 Å². The minimum absolute atomic E-state index is 0.184. The van der Waals surface area contributed by atoms with Gasteiger partial charge in [-0.3, -0.25) is 14.8 Å². The Kier molecular flexibility index (Phi) is 5.82. The van der Waals surface area contributed by atoms with Crippen molar-refractivity contribution in [3.05, 3.63) is 63.4 Å². The van der Waals surface area contributed by atoms with Crippen LogP contribution in [-0.2, 0) is 13.7 Å². The molecule has 0 aliphatic heterocycles. The quantitative estimate of drug-likeness (QED) is 0.449. The number of thiophene rings is 1. The maximum Gasteiger partial charge on any atom is 0.267 e. The molecule has 0 bridgehead atoms. The second kappa shape index (κ2) is 8.68. The first-order valence-electron chi connectivity index (χ1n) is 9.13. The SMILES string of the molecule is COc1cccc(OCc2csc(C(=O)Nc3nc(-c4cnn(C)c4C)cs3)c2)c1. The lowest BCUT2D eigenvalue weighted by Crippen LogP contribution is -2.09. The Bertz CT molecular complexity index is 1180. The van der Waals surface area contributed by atoms with E-state index >= 15 is 0 Å². The molecule has 3 heterocycles. The number of carbonyl (C=O) groups excluding carboxylic acids is 1. The van der Waals surface area contributed by atoms with Crippen LogP contribution in [0, 0.1) is 6.92 Å². The number of ether oxygens (including phenoxy) is 2. The summed E-state index contributed by atoms with van der Waals surface area (Å²) in [6.45, 7) is 2.36. The highest BCUT2D eigenvalue weighted by Gasteiger charge is 2.14. The first-order valence-corrected chi connectivity index (χ1v) is 10.9. The number of methoxy groups -OCH3 is 1. The molecule has 7 nitrogen and oxygen atoms in total. The van der Waals surface area contributed by atoms with E-state index in [1.54, 1.807) is 18.0 Å². The topological polar surface area (TPSA) is 78.3 Å². The van der Waals surface area contributed by atoms with Crippen molar-refractivity contribution >= 4 is 33.7 Å². The van der Waals surface area contributed by atoms with Gasteiger partial charge in [0.05, 0.1) is 23.9 Å². The fraction of sp³-hybridized carbons (Fsp3) is 0.190. The monoisotopic (exact) mass is 440 g/mol. The van der Waals surface area contributed by atoms with Gasteiger partial charge in [0, 0.05) is 35.3 Å². The number of thiazole rings is 1. The summed E-state index contributed by atoms with van der Waals surface area (Å²) in [6, 6.07) is 9.26. The Morgan fingerprint density at radius 3 is 2.80 bits per heavy atom. The Labute approximate surface area is 181 Å². The first kappa shape index (κ1) is 20.1. The summed E-state index contributed by atoms with van der Waals surface area (Å²) in [4.78, 5) is 17.7. The summed E-state index contributed by atoms with van der Waals surface area (Å²) >= 11 is 2.77.